The lowest BCUT2D eigenvalue weighted by atomic mass is 9.88. The summed E-state index contributed by atoms with van der Waals surface area (Å²) in [5, 5.41) is 10.8. The number of carbonyl (C=O) groups excluding carboxylic acids is 1. The first-order valence-electron chi connectivity index (χ1n) is 11.1. The second kappa shape index (κ2) is 10.6. The number of amides is 1. The number of carbonyl (C=O) groups is 1. The monoisotopic (exact) mass is 404 g/mol. The Kier molecular flexibility index (Phi) is 7.89. The van der Waals surface area contributed by atoms with Crippen LogP contribution in [-0.4, -0.2) is 59.6 Å². The molecule has 162 valence electrons. The van der Waals surface area contributed by atoms with Gasteiger partial charge in [-0.05, 0) is 25.7 Å². The van der Waals surface area contributed by atoms with Crippen molar-refractivity contribution in [2.24, 2.45) is 10.9 Å². The number of aryl methyl sites for hydroxylation is 1. The first kappa shape index (κ1) is 21.6. The quantitative estimate of drug-likeness (QED) is 0.412. The third-order valence-corrected chi connectivity index (χ3v) is 5.88. The molecule has 1 atom stereocenters. The van der Waals surface area contributed by atoms with E-state index in [4.69, 9.17) is 4.52 Å². The van der Waals surface area contributed by atoms with Crippen molar-refractivity contribution in [2.45, 2.75) is 77.2 Å². The predicted octanol–water partition coefficient (Wildman–Crippen LogP) is 2.47. The van der Waals surface area contributed by atoms with Gasteiger partial charge in [0.15, 0.2) is 11.8 Å². The van der Waals surface area contributed by atoms with Gasteiger partial charge >= 0.3 is 0 Å². The molecule has 0 radical (unpaired) electrons. The number of aromatic nitrogens is 2. The van der Waals surface area contributed by atoms with Gasteiger partial charge in [-0.2, -0.15) is 4.98 Å². The Morgan fingerprint density at radius 2 is 2.07 bits per heavy atom. The summed E-state index contributed by atoms with van der Waals surface area (Å²) in [6.07, 6.45) is 8.41. The van der Waals surface area contributed by atoms with Gasteiger partial charge in [-0.1, -0.05) is 38.3 Å². The van der Waals surface area contributed by atoms with Gasteiger partial charge in [0.1, 0.15) is 0 Å². The molecule has 1 aliphatic heterocycles. The number of hydrogen-bond donors (Lipinski definition) is 2. The molecule has 1 saturated carbocycles. The van der Waals surface area contributed by atoms with Crippen LogP contribution in [0.15, 0.2) is 9.52 Å². The Balaban J connectivity index is 1.36. The van der Waals surface area contributed by atoms with Crippen molar-refractivity contribution in [1.29, 1.82) is 0 Å². The van der Waals surface area contributed by atoms with E-state index in [2.05, 4.69) is 39.6 Å². The SMILES string of the molecule is CN=C(NCCCc1nc(C(C)C)no1)NC1CCN(C(=O)C2CCCCC2)C1. The average Bonchev–Trinajstić information content (AvgIpc) is 3.40. The first-order valence-corrected chi connectivity index (χ1v) is 11.1. The van der Waals surface area contributed by atoms with Crippen LogP contribution in [0.2, 0.25) is 0 Å². The summed E-state index contributed by atoms with van der Waals surface area (Å²) in [7, 11) is 1.78. The van der Waals surface area contributed by atoms with Crippen LogP contribution in [0.1, 0.15) is 76.4 Å². The fourth-order valence-corrected chi connectivity index (χ4v) is 4.12. The highest BCUT2D eigenvalue weighted by molar-refractivity contribution is 5.81. The molecule has 2 fully saturated rings. The smallest absolute Gasteiger partial charge is 0.226 e. The van der Waals surface area contributed by atoms with E-state index in [-0.39, 0.29) is 17.9 Å². The van der Waals surface area contributed by atoms with Crippen LogP contribution in [0.3, 0.4) is 0 Å². The topological polar surface area (TPSA) is 95.7 Å². The molecular formula is C21H36N6O2. The molecular weight excluding hydrogens is 368 g/mol. The van der Waals surface area contributed by atoms with Crippen molar-refractivity contribution in [3.05, 3.63) is 11.7 Å². The number of aliphatic imine (C=N–C) groups is 1. The molecule has 1 saturated heterocycles. The molecule has 1 amide bonds. The number of hydrogen-bond acceptors (Lipinski definition) is 5. The minimum absolute atomic E-state index is 0.251. The molecule has 2 heterocycles. The van der Waals surface area contributed by atoms with Crippen molar-refractivity contribution in [1.82, 2.24) is 25.7 Å². The molecule has 8 heteroatoms. The highest BCUT2D eigenvalue weighted by atomic mass is 16.5. The van der Waals surface area contributed by atoms with E-state index < -0.39 is 0 Å². The van der Waals surface area contributed by atoms with Crippen molar-refractivity contribution < 1.29 is 9.32 Å². The first-order chi connectivity index (χ1) is 14.1. The average molecular weight is 405 g/mol. The summed E-state index contributed by atoms with van der Waals surface area (Å²) in [5.41, 5.74) is 0. The van der Waals surface area contributed by atoms with E-state index >= 15 is 0 Å². The fraction of sp³-hybridized carbons (Fsp3) is 0.810. The number of likely N-dealkylation sites (tertiary alicyclic amines) is 1. The maximum absolute atomic E-state index is 12.7. The molecule has 1 aromatic heterocycles. The third kappa shape index (κ3) is 6.18. The Morgan fingerprint density at radius 1 is 1.28 bits per heavy atom. The molecule has 0 bridgehead atoms. The maximum Gasteiger partial charge on any atom is 0.226 e. The van der Waals surface area contributed by atoms with Gasteiger partial charge in [-0.25, -0.2) is 0 Å². The summed E-state index contributed by atoms with van der Waals surface area (Å²) >= 11 is 0. The Morgan fingerprint density at radius 3 is 2.76 bits per heavy atom. The predicted molar refractivity (Wildman–Crippen MR) is 113 cm³/mol. The second-order valence-electron chi connectivity index (χ2n) is 8.55. The van der Waals surface area contributed by atoms with Crippen LogP contribution < -0.4 is 10.6 Å². The van der Waals surface area contributed by atoms with E-state index in [0.29, 0.717) is 11.8 Å². The van der Waals surface area contributed by atoms with Gasteiger partial charge in [-0.3, -0.25) is 9.79 Å². The normalized spacial score (nSPS) is 21.0. The van der Waals surface area contributed by atoms with Crippen LogP contribution in [0.25, 0.3) is 0 Å². The molecule has 1 aliphatic carbocycles. The van der Waals surface area contributed by atoms with Crippen molar-refractivity contribution >= 4 is 11.9 Å². The Bertz CT molecular complexity index is 680. The molecule has 2 aliphatic rings. The number of nitrogens with zero attached hydrogens (tertiary/aromatic N) is 4. The molecule has 3 rings (SSSR count). The molecule has 1 unspecified atom stereocenters. The zero-order valence-corrected chi connectivity index (χ0v) is 18.1. The molecule has 8 nitrogen and oxygen atoms in total. The van der Waals surface area contributed by atoms with Crippen LogP contribution in [0.4, 0.5) is 0 Å². The van der Waals surface area contributed by atoms with Gasteiger partial charge in [0.25, 0.3) is 0 Å². The molecule has 2 N–H and O–H groups in total. The van der Waals surface area contributed by atoms with E-state index in [1.807, 2.05) is 4.90 Å². The third-order valence-electron chi connectivity index (χ3n) is 5.88. The van der Waals surface area contributed by atoms with Crippen molar-refractivity contribution in [3.8, 4) is 0 Å². The maximum atomic E-state index is 12.7. The highest BCUT2D eigenvalue weighted by Crippen LogP contribution is 2.26. The lowest BCUT2D eigenvalue weighted by Gasteiger charge is -2.26. The van der Waals surface area contributed by atoms with Gasteiger partial charge in [0, 0.05) is 51.0 Å². The highest BCUT2D eigenvalue weighted by Gasteiger charge is 2.31. The Hall–Kier alpha value is -2.12. The summed E-state index contributed by atoms with van der Waals surface area (Å²) in [6.45, 7) is 6.50. The van der Waals surface area contributed by atoms with E-state index in [9.17, 15) is 4.79 Å². The van der Waals surface area contributed by atoms with E-state index in [1.54, 1.807) is 7.05 Å². The van der Waals surface area contributed by atoms with Crippen LogP contribution >= 0.6 is 0 Å². The number of nitrogens with one attached hydrogen (secondary N) is 2. The zero-order valence-electron chi connectivity index (χ0n) is 18.1. The lowest BCUT2D eigenvalue weighted by Crippen LogP contribution is -2.45. The van der Waals surface area contributed by atoms with Gasteiger partial charge < -0.3 is 20.1 Å². The van der Waals surface area contributed by atoms with Crippen LogP contribution in [0, 0.1) is 5.92 Å². The van der Waals surface area contributed by atoms with Gasteiger partial charge in [0.05, 0.1) is 0 Å². The number of rotatable bonds is 7. The molecule has 1 aromatic rings. The summed E-state index contributed by atoms with van der Waals surface area (Å²) in [5.74, 6) is 3.13. The van der Waals surface area contributed by atoms with E-state index in [0.717, 1.165) is 63.5 Å². The molecule has 0 spiro atoms. The summed E-state index contributed by atoms with van der Waals surface area (Å²) in [4.78, 5) is 23.5. The lowest BCUT2D eigenvalue weighted by molar-refractivity contribution is -0.135. The standard InChI is InChI=1S/C21H36N6O2/c1-15(2)19-25-18(29-26-19)10-7-12-23-21(22-3)24-17-11-13-27(14-17)20(28)16-8-5-4-6-9-16/h15-17H,4-14H2,1-3H3,(H2,22,23,24). The van der Waals surface area contributed by atoms with Gasteiger partial charge in [-0.15, -0.1) is 0 Å². The van der Waals surface area contributed by atoms with Crippen molar-refractivity contribution in [2.75, 3.05) is 26.7 Å². The van der Waals surface area contributed by atoms with Crippen molar-refractivity contribution in [3.63, 3.8) is 0 Å². The largest absolute Gasteiger partial charge is 0.356 e. The Labute approximate surface area is 173 Å². The minimum Gasteiger partial charge on any atom is -0.356 e. The molecule has 29 heavy (non-hydrogen) atoms. The fourth-order valence-electron chi connectivity index (χ4n) is 4.12. The second-order valence-corrected chi connectivity index (χ2v) is 8.55. The number of guanidine groups is 1. The molecule has 0 aromatic carbocycles. The van der Waals surface area contributed by atoms with E-state index in [1.165, 1.54) is 19.3 Å². The summed E-state index contributed by atoms with van der Waals surface area (Å²) < 4.78 is 5.28. The van der Waals surface area contributed by atoms with Crippen LogP contribution in [-0.2, 0) is 11.2 Å². The van der Waals surface area contributed by atoms with Gasteiger partial charge in [0.2, 0.25) is 11.8 Å². The summed E-state index contributed by atoms with van der Waals surface area (Å²) in [6, 6.07) is 0.262. The minimum atomic E-state index is 0.251. The van der Waals surface area contributed by atoms with Crippen LogP contribution in [0.5, 0.6) is 0 Å². The zero-order chi connectivity index (χ0) is 20.6.